The fourth-order valence-electron chi connectivity index (χ4n) is 4.65. The number of amides is 1. The van der Waals surface area contributed by atoms with Crippen LogP contribution in [0.2, 0.25) is 0 Å². The number of sulfone groups is 1. The molecule has 1 fully saturated rings. The van der Waals surface area contributed by atoms with Crippen molar-refractivity contribution in [3.8, 4) is 0 Å². The van der Waals surface area contributed by atoms with Gasteiger partial charge in [-0.25, -0.2) is 8.42 Å². The second-order valence-corrected chi connectivity index (χ2v) is 11.1. The normalized spacial score (nSPS) is 17.4. The molecular formula is C26H32N2O4S. The third-order valence-electron chi connectivity index (χ3n) is 6.62. The minimum absolute atomic E-state index is 0.00530. The molecule has 176 valence electrons. The third kappa shape index (κ3) is 4.78. The first-order valence-corrected chi connectivity index (χ1v) is 13.4. The Balaban J connectivity index is 1.67. The minimum atomic E-state index is -3.14. The van der Waals surface area contributed by atoms with E-state index in [1.165, 1.54) is 0 Å². The quantitative estimate of drug-likeness (QED) is 0.502. The molecule has 0 radical (unpaired) electrons. The number of aryl methyl sites for hydroxylation is 2. The monoisotopic (exact) mass is 468 g/mol. The van der Waals surface area contributed by atoms with E-state index >= 15 is 0 Å². The maximum Gasteiger partial charge on any atom is 0.290 e. The molecule has 3 aromatic rings. The highest BCUT2D eigenvalue weighted by Gasteiger charge is 2.36. The van der Waals surface area contributed by atoms with Gasteiger partial charge in [-0.3, -0.25) is 4.79 Å². The molecule has 0 spiro atoms. The van der Waals surface area contributed by atoms with Crippen LogP contribution in [0.15, 0.2) is 46.9 Å². The van der Waals surface area contributed by atoms with Crippen LogP contribution in [0.4, 0.5) is 5.69 Å². The van der Waals surface area contributed by atoms with Gasteiger partial charge >= 0.3 is 0 Å². The summed E-state index contributed by atoms with van der Waals surface area (Å²) in [6.45, 7) is 10.3. The second-order valence-electron chi connectivity index (χ2n) is 8.88. The summed E-state index contributed by atoms with van der Waals surface area (Å²) in [5.41, 5.74) is 4.63. The number of rotatable bonds is 7. The zero-order valence-corrected chi connectivity index (χ0v) is 20.6. The zero-order chi connectivity index (χ0) is 23.8. The van der Waals surface area contributed by atoms with Gasteiger partial charge in [-0.2, -0.15) is 0 Å². The van der Waals surface area contributed by atoms with E-state index in [2.05, 4.69) is 30.9 Å². The number of benzene rings is 2. The SMILES string of the molecule is CCN(CC)c1ccc(CN(C(=O)c2oc3cc(C)ccc3c2C)[C@@H]2CCS(=O)(=O)C2)cc1. The highest BCUT2D eigenvalue weighted by molar-refractivity contribution is 7.91. The molecule has 1 atom stereocenters. The third-order valence-corrected chi connectivity index (χ3v) is 8.37. The van der Waals surface area contributed by atoms with Crippen LogP contribution in [0.5, 0.6) is 0 Å². The molecule has 7 heteroatoms. The number of carbonyl (C=O) groups excluding carboxylic acids is 1. The average molecular weight is 469 g/mol. The number of nitrogens with zero attached hydrogens (tertiary/aromatic N) is 2. The van der Waals surface area contributed by atoms with Gasteiger partial charge in [0.2, 0.25) is 0 Å². The first-order chi connectivity index (χ1) is 15.7. The first-order valence-electron chi connectivity index (χ1n) is 11.6. The van der Waals surface area contributed by atoms with Gasteiger partial charge in [-0.05, 0) is 63.4 Å². The van der Waals surface area contributed by atoms with Crippen LogP contribution in [-0.2, 0) is 16.4 Å². The van der Waals surface area contributed by atoms with Crippen molar-refractivity contribution in [3.05, 3.63) is 64.9 Å². The lowest BCUT2D eigenvalue weighted by atomic mass is 10.1. The number of hydrogen-bond acceptors (Lipinski definition) is 5. The van der Waals surface area contributed by atoms with Crippen LogP contribution in [-0.4, -0.2) is 49.9 Å². The molecule has 0 aliphatic carbocycles. The Morgan fingerprint density at radius 2 is 1.76 bits per heavy atom. The van der Waals surface area contributed by atoms with Crippen molar-refractivity contribution in [2.75, 3.05) is 29.5 Å². The lowest BCUT2D eigenvalue weighted by molar-refractivity contribution is 0.0649. The highest BCUT2D eigenvalue weighted by atomic mass is 32.2. The Bertz CT molecular complexity index is 1260. The smallest absolute Gasteiger partial charge is 0.290 e. The summed E-state index contributed by atoms with van der Waals surface area (Å²) in [5.74, 6) is 0.144. The Kier molecular flexibility index (Phi) is 6.52. The van der Waals surface area contributed by atoms with E-state index in [9.17, 15) is 13.2 Å². The molecule has 1 aliphatic rings. The fraction of sp³-hybridized carbons (Fsp3) is 0.423. The molecular weight excluding hydrogens is 436 g/mol. The van der Waals surface area contributed by atoms with Crippen molar-refractivity contribution >= 4 is 32.4 Å². The number of fused-ring (bicyclic) bond motifs is 1. The summed E-state index contributed by atoms with van der Waals surface area (Å²) in [6, 6.07) is 13.7. The molecule has 0 unspecified atom stereocenters. The van der Waals surface area contributed by atoms with Crippen molar-refractivity contribution in [3.63, 3.8) is 0 Å². The van der Waals surface area contributed by atoms with Gasteiger partial charge in [0.1, 0.15) is 5.58 Å². The van der Waals surface area contributed by atoms with Gasteiger partial charge in [0.25, 0.3) is 5.91 Å². The molecule has 1 aromatic heterocycles. The molecule has 1 amide bonds. The molecule has 2 heterocycles. The molecule has 0 bridgehead atoms. The summed E-state index contributed by atoms with van der Waals surface area (Å²) in [4.78, 5) is 17.7. The summed E-state index contributed by atoms with van der Waals surface area (Å²) in [6.07, 6.45) is 0.448. The van der Waals surface area contributed by atoms with Crippen LogP contribution in [0, 0.1) is 13.8 Å². The van der Waals surface area contributed by atoms with Crippen molar-refractivity contribution in [1.82, 2.24) is 4.90 Å². The summed E-state index contributed by atoms with van der Waals surface area (Å²) >= 11 is 0. The first kappa shape index (κ1) is 23.4. The molecule has 0 N–H and O–H groups in total. The topological polar surface area (TPSA) is 70.8 Å². The van der Waals surface area contributed by atoms with E-state index in [0.29, 0.717) is 24.3 Å². The van der Waals surface area contributed by atoms with E-state index < -0.39 is 9.84 Å². The van der Waals surface area contributed by atoms with E-state index in [-0.39, 0.29) is 23.5 Å². The Morgan fingerprint density at radius 3 is 2.36 bits per heavy atom. The molecule has 33 heavy (non-hydrogen) atoms. The number of hydrogen-bond donors (Lipinski definition) is 0. The molecule has 1 saturated heterocycles. The van der Waals surface area contributed by atoms with Gasteiger partial charge in [-0.15, -0.1) is 0 Å². The maximum absolute atomic E-state index is 13.7. The average Bonchev–Trinajstić information content (AvgIpc) is 3.32. The lowest BCUT2D eigenvalue weighted by Gasteiger charge is -2.28. The molecule has 2 aromatic carbocycles. The van der Waals surface area contributed by atoms with Crippen LogP contribution < -0.4 is 4.90 Å². The summed E-state index contributed by atoms with van der Waals surface area (Å²) < 4.78 is 30.4. The maximum atomic E-state index is 13.7. The lowest BCUT2D eigenvalue weighted by Crippen LogP contribution is -2.40. The van der Waals surface area contributed by atoms with Crippen LogP contribution >= 0.6 is 0 Å². The van der Waals surface area contributed by atoms with E-state index in [0.717, 1.165) is 40.9 Å². The summed E-state index contributed by atoms with van der Waals surface area (Å²) in [7, 11) is -3.14. The van der Waals surface area contributed by atoms with Gasteiger partial charge in [0.05, 0.1) is 11.5 Å². The van der Waals surface area contributed by atoms with Gasteiger partial charge < -0.3 is 14.2 Å². The Morgan fingerprint density at radius 1 is 1.06 bits per heavy atom. The standard InChI is InChI=1S/C26H32N2O4S/c1-5-27(6-2)21-10-8-20(9-11-21)16-28(22-13-14-33(30,31)17-22)26(29)25-19(4)23-12-7-18(3)15-24(23)32-25/h7-12,15,22H,5-6,13-14,16-17H2,1-4H3/t22-/m1/s1. The van der Waals surface area contributed by atoms with E-state index in [1.54, 1.807) is 4.90 Å². The van der Waals surface area contributed by atoms with Gasteiger partial charge in [-0.1, -0.05) is 24.3 Å². The van der Waals surface area contributed by atoms with E-state index in [4.69, 9.17) is 4.42 Å². The number of furan rings is 1. The van der Waals surface area contributed by atoms with Crippen molar-refractivity contribution in [2.24, 2.45) is 0 Å². The van der Waals surface area contributed by atoms with Crippen LogP contribution in [0.25, 0.3) is 11.0 Å². The van der Waals surface area contributed by atoms with Crippen molar-refractivity contribution in [1.29, 1.82) is 0 Å². The summed E-state index contributed by atoms with van der Waals surface area (Å²) in [5, 5.41) is 0.909. The predicted molar refractivity (Wildman–Crippen MR) is 133 cm³/mol. The van der Waals surface area contributed by atoms with Crippen LogP contribution in [0.3, 0.4) is 0 Å². The van der Waals surface area contributed by atoms with Crippen molar-refractivity contribution < 1.29 is 17.6 Å². The highest BCUT2D eigenvalue weighted by Crippen LogP contribution is 2.30. The largest absolute Gasteiger partial charge is 0.451 e. The molecule has 6 nitrogen and oxygen atoms in total. The number of carbonyl (C=O) groups is 1. The molecule has 4 rings (SSSR count). The second kappa shape index (κ2) is 9.21. The molecule has 1 aliphatic heterocycles. The molecule has 0 saturated carbocycles. The Labute approximate surface area is 196 Å². The minimum Gasteiger partial charge on any atom is -0.451 e. The predicted octanol–water partition coefficient (Wildman–Crippen LogP) is 4.73. The zero-order valence-electron chi connectivity index (χ0n) is 19.8. The van der Waals surface area contributed by atoms with Gasteiger partial charge in [0.15, 0.2) is 15.6 Å². The fourth-order valence-corrected chi connectivity index (χ4v) is 6.38. The van der Waals surface area contributed by atoms with Crippen molar-refractivity contribution in [2.45, 2.75) is 46.7 Å². The Hall–Kier alpha value is -2.80. The van der Waals surface area contributed by atoms with E-state index in [1.807, 2.05) is 44.2 Å². The number of anilines is 1. The van der Waals surface area contributed by atoms with Crippen LogP contribution in [0.1, 0.15) is 47.5 Å². The van der Waals surface area contributed by atoms with Gasteiger partial charge in [0, 0.05) is 42.3 Å².